The highest BCUT2D eigenvalue weighted by Gasteiger charge is 2.29. The lowest BCUT2D eigenvalue weighted by Gasteiger charge is -2.31. The molecule has 0 aromatic carbocycles. The summed E-state index contributed by atoms with van der Waals surface area (Å²) in [5.41, 5.74) is 1.97. The molecule has 1 aromatic rings. The van der Waals surface area contributed by atoms with Crippen molar-refractivity contribution in [3.63, 3.8) is 0 Å². The van der Waals surface area contributed by atoms with Crippen LogP contribution in [0.4, 0.5) is 0 Å². The quantitative estimate of drug-likeness (QED) is 0.876. The van der Waals surface area contributed by atoms with Crippen LogP contribution in [0.25, 0.3) is 0 Å². The van der Waals surface area contributed by atoms with E-state index in [2.05, 4.69) is 12.0 Å². The first-order valence-electron chi connectivity index (χ1n) is 6.80. The van der Waals surface area contributed by atoms with Gasteiger partial charge in [0.1, 0.15) is 0 Å². The lowest BCUT2D eigenvalue weighted by Crippen LogP contribution is -2.22. The van der Waals surface area contributed by atoms with Crippen molar-refractivity contribution in [3.05, 3.63) is 17.5 Å². The van der Waals surface area contributed by atoms with Gasteiger partial charge in [-0.25, -0.2) is 0 Å². The Labute approximate surface area is 104 Å². The van der Waals surface area contributed by atoms with Gasteiger partial charge in [-0.15, -0.1) is 0 Å². The maximum Gasteiger partial charge on any atom is 0.0984 e. The van der Waals surface area contributed by atoms with E-state index in [0.29, 0.717) is 5.92 Å². The Morgan fingerprint density at radius 2 is 2.29 bits per heavy atom. The summed E-state index contributed by atoms with van der Waals surface area (Å²) in [4.78, 5) is 0. The average Bonchev–Trinajstić information content (AvgIpc) is 2.67. The zero-order chi connectivity index (χ0) is 12.4. The molecule has 3 unspecified atom stereocenters. The van der Waals surface area contributed by atoms with E-state index < -0.39 is 0 Å². The highest BCUT2D eigenvalue weighted by molar-refractivity contribution is 5.12. The monoisotopic (exact) mass is 236 g/mol. The summed E-state index contributed by atoms with van der Waals surface area (Å²) < 4.78 is 1.83. The Morgan fingerprint density at radius 3 is 2.88 bits per heavy atom. The lowest BCUT2D eigenvalue weighted by molar-refractivity contribution is 0.0615. The van der Waals surface area contributed by atoms with Crippen LogP contribution in [-0.4, -0.2) is 14.9 Å². The lowest BCUT2D eigenvalue weighted by atomic mass is 9.77. The SMILES string of the molecule is CCC1CCCC(C(O)c2cc(C)nn2C)C1. The molecule has 17 heavy (non-hydrogen) atoms. The molecule has 0 radical (unpaired) electrons. The Hall–Kier alpha value is -0.830. The van der Waals surface area contributed by atoms with Gasteiger partial charge in [-0.05, 0) is 37.7 Å². The van der Waals surface area contributed by atoms with Crippen LogP contribution in [0.15, 0.2) is 6.07 Å². The smallest absolute Gasteiger partial charge is 0.0984 e. The molecule has 3 heteroatoms. The third-order valence-corrected chi connectivity index (χ3v) is 4.19. The first kappa shape index (κ1) is 12.6. The molecule has 2 rings (SSSR count). The van der Waals surface area contributed by atoms with Crippen molar-refractivity contribution >= 4 is 0 Å². The van der Waals surface area contributed by atoms with Crippen LogP contribution >= 0.6 is 0 Å². The van der Waals surface area contributed by atoms with Gasteiger partial charge in [-0.2, -0.15) is 5.10 Å². The van der Waals surface area contributed by atoms with Gasteiger partial charge >= 0.3 is 0 Å². The molecule has 0 amide bonds. The summed E-state index contributed by atoms with van der Waals surface area (Å²) in [7, 11) is 1.92. The van der Waals surface area contributed by atoms with E-state index in [1.54, 1.807) is 0 Å². The maximum absolute atomic E-state index is 10.5. The Bertz CT molecular complexity index is 372. The molecule has 1 N–H and O–H groups in total. The highest BCUT2D eigenvalue weighted by Crippen LogP contribution is 2.38. The number of aliphatic hydroxyl groups is 1. The molecule has 0 aliphatic heterocycles. The molecule has 1 saturated carbocycles. The normalized spacial score (nSPS) is 27.1. The molecule has 1 aliphatic rings. The molecule has 1 fully saturated rings. The van der Waals surface area contributed by atoms with E-state index in [1.165, 1.54) is 25.7 Å². The maximum atomic E-state index is 10.5. The van der Waals surface area contributed by atoms with Crippen molar-refractivity contribution in [1.29, 1.82) is 0 Å². The number of hydrogen-bond acceptors (Lipinski definition) is 2. The number of hydrogen-bond donors (Lipinski definition) is 1. The molecule has 1 aromatic heterocycles. The van der Waals surface area contributed by atoms with Crippen molar-refractivity contribution in [2.45, 2.75) is 52.1 Å². The Balaban J connectivity index is 2.08. The standard InChI is InChI=1S/C14H24N2O/c1-4-11-6-5-7-12(9-11)14(17)13-8-10(2)15-16(13)3/h8,11-12,14,17H,4-7,9H2,1-3H3. The zero-order valence-corrected chi connectivity index (χ0v) is 11.2. The largest absolute Gasteiger partial charge is 0.387 e. The molecular formula is C14H24N2O. The fourth-order valence-corrected chi connectivity index (χ4v) is 3.14. The average molecular weight is 236 g/mol. The zero-order valence-electron chi connectivity index (χ0n) is 11.2. The van der Waals surface area contributed by atoms with Crippen LogP contribution in [0.3, 0.4) is 0 Å². The van der Waals surface area contributed by atoms with Crippen LogP contribution in [0, 0.1) is 18.8 Å². The van der Waals surface area contributed by atoms with Crippen molar-refractivity contribution < 1.29 is 5.11 Å². The van der Waals surface area contributed by atoms with Crippen LogP contribution < -0.4 is 0 Å². The van der Waals surface area contributed by atoms with Crippen LogP contribution in [0.5, 0.6) is 0 Å². The minimum absolute atomic E-state index is 0.337. The third kappa shape index (κ3) is 2.71. The minimum Gasteiger partial charge on any atom is -0.387 e. The number of aliphatic hydroxyl groups excluding tert-OH is 1. The molecule has 3 atom stereocenters. The minimum atomic E-state index is -0.337. The molecular weight excluding hydrogens is 212 g/mol. The number of nitrogens with zero attached hydrogens (tertiary/aromatic N) is 2. The Kier molecular flexibility index (Phi) is 3.87. The van der Waals surface area contributed by atoms with Crippen molar-refractivity contribution in [1.82, 2.24) is 9.78 Å². The van der Waals surface area contributed by atoms with E-state index in [4.69, 9.17) is 0 Å². The fourth-order valence-electron chi connectivity index (χ4n) is 3.14. The third-order valence-electron chi connectivity index (χ3n) is 4.19. The summed E-state index contributed by atoms with van der Waals surface area (Å²) in [6.07, 6.45) is 5.83. The predicted molar refractivity (Wildman–Crippen MR) is 68.6 cm³/mol. The van der Waals surface area contributed by atoms with Crippen molar-refractivity contribution in [2.75, 3.05) is 0 Å². The molecule has 1 heterocycles. The predicted octanol–water partition coefficient (Wildman–Crippen LogP) is 2.98. The first-order valence-corrected chi connectivity index (χ1v) is 6.80. The van der Waals surface area contributed by atoms with Gasteiger partial charge in [0.15, 0.2) is 0 Å². The van der Waals surface area contributed by atoms with Gasteiger partial charge in [-0.3, -0.25) is 4.68 Å². The van der Waals surface area contributed by atoms with Crippen LogP contribution in [-0.2, 0) is 7.05 Å². The summed E-state index contributed by atoms with van der Waals surface area (Å²) >= 11 is 0. The topological polar surface area (TPSA) is 38.1 Å². The molecule has 96 valence electrons. The second-order valence-electron chi connectivity index (χ2n) is 5.48. The molecule has 0 bridgehead atoms. The van der Waals surface area contributed by atoms with Gasteiger partial charge < -0.3 is 5.11 Å². The molecule has 3 nitrogen and oxygen atoms in total. The molecule has 0 saturated heterocycles. The summed E-state index contributed by atoms with van der Waals surface area (Å²) in [5.74, 6) is 1.22. The summed E-state index contributed by atoms with van der Waals surface area (Å²) in [6.45, 7) is 4.24. The molecule has 0 spiro atoms. The van der Waals surface area contributed by atoms with E-state index in [1.807, 2.05) is 24.7 Å². The van der Waals surface area contributed by atoms with E-state index in [9.17, 15) is 5.11 Å². The highest BCUT2D eigenvalue weighted by atomic mass is 16.3. The van der Waals surface area contributed by atoms with Gasteiger partial charge in [0.05, 0.1) is 17.5 Å². The first-order chi connectivity index (χ1) is 8.11. The van der Waals surface area contributed by atoms with E-state index in [0.717, 1.165) is 23.7 Å². The van der Waals surface area contributed by atoms with Crippen molar-refractivity contribution in [3.8, 4) is 0 Å². The van der Waals surface area contributed by atoms with Gasteiger partial charge in [-0.1, -0.05) is 26.2 Å². The summed E-state index contributed by atoms with van der Waals surface area (Å²) in [6, 6.07) is 2.01. The van der Waals surface area contributed by atoms with E-state index in [-0.39, 0.29) is 6.10 Å². The summed E-state index contributed by atoms with van der Waals surface area (Å²) in [5, 5.41) is 14.8. The second-order valence-corrected chi connectivity index (χ2v) is 5.48. The van der Waals surface area contributed by atoms with Gasteiger partial charge in [0.25, 0.3) is 0 Å². The van der Waals surface area contributed by atoms with Crippen LogP contribution in [0.1, 0.15) is 56.5 Å². The second kappa shape index (κ2) is 5.21. The number of rotatable bonds is 3. The van der Waals surface area contributed by atoms with Gasteiger partial charge in [0.2, 0.25) is 0 Å². The fraction of sp³-hybridized carbons (Fsp3) is 0.786. The number of aryl methyl sites for hydroxylation is 2. The Morgan fingerprint density at radius 1 is 1.53 bits per heavy atom. The number of aromatic nitrogens is 2. The van der Waals surface area contributed by atoms with E-state index >= 15 is 0 Å². The van der Waals surface area contributed by atoms with Crippen molar-refractivity contribution in [2.24, 2.45) is 18.9 Å². The van der Waals surface area contributed by atoms with Gasteiger partial charge in [0, 0.05) is 7.05 Å². The molecule has 1 aliphatic carbocycles. The van der Waals surface area contributed by atoms with Crippen LogP contribution in [0.2, 0.25) is 0 Å².